The van der Waals surface area contributed by atoms with Crippen molar-refractivity contribution in [3.63, 3.8) is 0 Å². The van der Waals surface area contributed by atoms with Gasteiger partial charge in [0.25, 0.3) is 0 Å². The van der Waals surface area contributed by atoms with E-state index in [1.54, 1.807) is 7.05 Å². The second-order valence-electron chi connectivity index (χ2n) is 4.95. The summed E-state index contributed by atoms with van der Waals surface area (Å²) in [4.78, 5) is 14.8. The summed E-state index contributed by atoms with van der Waals surface area (Å²) in [7, 11) is 1.63. The highest BCUT2D eigenvalue weighted by molar-refractivity contribution is 5.90. The molecule has 0 aliphatic carbocycles. The predicted octanol–water partition coefficient (Wildman–Crippen LogP) is 4.52. The fourth-order valence-corrected chi connectivity index (χ4v) is 2.30. The third kappa shape index (κ3) is 2.86. The zero-order chi connectivity index (χ0) is 15.4. The first-order chi connectivity index (χ1) is 10.8. The van der Waals surface area contributed by atoms with Gasteiger partial charge in [0.1, 0.15) is 0 Å². The van der Waals surface area contributed by atoms with Gasteiger partial charge in [-0.15, -0.1) is 4.91 Å². The summed E-state index contributed by atoms with van der Waals surface area (Å²) in [6.45, 7) is 0. The molecule has 0 unspecified atom stereocenters. The highest BCUT2D eigenvalue weighted by Gasteiger charge is 2.00. The van der Waals surface area contributed by atoms with Crippen molar-refractivity contribution in [2.75, 3.05) is 12.1 Å². The summed E-state index contributed by atoms with van der Waals surface area (Å²) in [5.41, 5.74) is 3.94. The monoisotopic (exact) mass is 289 g/mol. The molecule has 0 saturated carbocycles. The molecule has 0 fully saturated rings. The standard InChI is InChI=1S/C18H15N3O/c1-21(20-22)16-10-7-14(8-11-16)6-9-15-12-13-19-18-5-3-2-4-17(15)18/h2-13H,1H3. The van der Waals surface area contributed by atoms with E-state index in [9.17, 15) is 4.91 Å². The molecule has 0 bridgehead atoms. The van der Waals surface area contributed by atoms with Crippen LogP contribution in [0.15, 0.2) is 66.1 Å². The Balaban J connectivity index is 1.88. The van der Waals surface area contributed by atoms with Gasteiger partial charge in [-0.1, -0.05) is 42.5 Å². The van der Waals surface area contributed by atoms with Crippen LogP contribution in [0.4, 0.5) is 5.69 Å². The molecule has 22 heavy (non-hydrogen) atoms. The number of nitroso groups, excluding NO2 is 1. The Morgan fingerprint density at radius 3 is 2.55 bits per heavy atom. The first-order valence-electron chi connectivity index (χ1n) is 6.97. The van der Waals surface area contributed by atoms with Gasteiger partial charge in [-0.2, -0.15) is 0 Å². The molecule has 0 aliphatic heterocycles. The van der Waals surface area contributed by atoms with E-state index in [0.717, 1.165) is 27.7 Å². The molecule has 0 radical (unpaired) electrons. The van der Waals surface area contributed by atoms with Crippen LogP contribution in [0, 0.1) is 4.91 Å². The molecule has 0 spiro atoms. The van der Waals surface area contributed by atoms with Crippen LogP contribution in [-0.4, -0.2) is 12.0 Å². The van der Waals surface area contributed by atoms with Crippen molar-refractivity contribution >= 4 is 28.7 Å². The maximum absolute atomic E-state index is 10.5. The van der Waals surface area contributed by atoms with Gasteiger partial charge in [0.05, 0.1) is 16.5 Å². The number of fused-ring (bicyclic) bond motifs is 1. The molecule has 3 rings (SSSR count). The number of para-hydroxylation sites is 1. The Hall–Kier alpha value is -3.01. The second-order valence-corrected chi connectivity index (χ2v) is 4.95. The lowest BCUT2D eigenvalue weighted by Gasteiger charge is -2.07. The van der Waals surface area contributed by atoms with Crippen LogP contribution in [0.25, 0.3) is 23.1 Å². The Kier molecular flexibility index (Phi) is 3.92. The minimum atomic E-state index is 0.765. The SMILES string of the molecule is CN(N=O)c1ccc(C=Cc2ccnc3ccccc23)cc1. The average Bonchev–Trinajstić information content (AvgIpc) is 2.59. The number of hydrogen-bond acceptors (Lipinski definition) is 3. The highest BCUT2D eigenvalue weighted by atomic mass is 16.3. The molecule has 0 aliphatic rings. The third-order valence-electron chi connectivity index (χ3n) is 3.53. The van der Waals surface area contributed by atoms with Crippen molar-refractivity contribution in [1.82, 2.24) is 4.98 Å². The van der Waals surface area contributed by atoms with Gasteiger partial charge in [-0.3, -0.25) is 4.98 Å². The van der Waals surface area contributed by atoms with Gasteiger partial charge in [-0.25, -0.2) is 5.01 Å². The normalized spacial score (nSPS) is 11.0. The van der Waals surface area contributed by atoms with E-state index in [1.165, 1.54) is 5.01 Å². The molecule has 0 atom stereocenters. The summed E-state index contributed by atoms with van der Waals surface area (Å²) in [6.07, 6.45) is 5.93. The molecule has 108 valence electrons. The van der Waals surface area contributed by atoms with Crippen molar-refractivity contribution in [1.29, 1.82) is 0 Å². The summed E-state index contributed by atoms with van der Waals surface area (Å²) in [6, 6.07) is 17.7. The van der Waals surface area contributed by atoms with Gasteiger partial charge in [0, 0.05) is 18.6 Å². The van der Waals surface area contributed by atoms with Crippen LogP contribution in [-0.2, 0) is 0 Å². The Morgan fingerprint density at radius 1 is 1.00 bits per heavy atom. The second kappa shape index (κ2) is 6.18. The maximum Gasteiger partial charge on any atom is 0.0707 e. The average molecular weight is 289 g/mol. The minimum absolute atomic E-state index is 0.765. The summed E-state index contributed by atoms with van der Waals surface area (Å²) >= 11 is 0. The van der Waals surface area contributed by atoms with Crippen molar-refractivity contribution in [2.24, 2.45) is 5.29 Å². The van der Waals surface area contributed by atoms with Gasteiger partial charge in [0.15, 0.2) is 0 Å². The first kappa shape index (κ1) is 13.9. The molecular weight excluding hydrogens is 274 g/mol. The predicted molar refractivity (Wildman–Crippen MR) is 91.3 cm³/mol. The van der Waals surface area contributed by atoms with Gasteiger partial charge in [-0.05, 0) is 35.4 Å². The number of anilines is 1. The Bertz CT molecular complexity index is 820. The molecule has 0 amide bonds. The summed E-state index contributed by atoms with van der Waals surface area (Å²) in [5.74, 6) is 0. The van der Waals surface area contributed by atoms with Crippen LogP contribution in [0.3, 0.4) is 0 Å². The van der Waals surface area contributed by atoms with E-state index < -0.39 is 0 Å². The van der Waals surface area contributed by atoms with E-state index in [1.807, 2.05) is 60.8 Å². The largest absolute Gasteiger partial charge is 0.256 e. The lowest BCUT2D eigenvalue weighted by Crippen LogP contribution is -2.05. The number of rotatable bonds is 4. The van der Waals surface area contributed by atoms with Gasteiger partial charge in [0.2, 0.25) is 0 Å². The van der Waals surface area contributed by atoms with Crippen LogP contribution in [0.1, 0.15) is 11.1 Å². The molecule has 1 aromatic heterocycles. The molecule has 4 nitrogen and oxygen atoms in total. The van der Waals surface area contributed by atoms with Crippen molar-refractivity contribution < 1.29 is 0 Å². The quantitative estimate of drug-likeness (QED) is 0.524. The van der Waals surface area contributed by atoms with E-state index in [0.29, 0.717) is 0 Å². The fourth-order valence-electron chi connectivity index (χ4n) is 2.30. The molecule has 3 aromatic rings. The molecule has 2 aromatic carbocycles. The number of aromatic nitrogens is 1. The zero-order valence-electron chi connectivity index (χ0n) is 12.2. The Morgan fingerprint density at radius 2 is 1.77 bits per heavy atom. The van der Waals surface area contributed by atoms with Crippen molar-refractivity contribution in [3.8, 4) is 0 Å². The highest BCUT2D eigenvalue weighted by Crippen LogP contribution is 2.20. The van der Waals surface area contributed by atoms with E-state index in [-0.39, 0.29) is 0 Å². The molecule has 1 heterocycles. The van der Waals surface area contributed by atoms with E-state index in [4.69, 9.17) is 0 Å². The van der Waals surface area contributed by atoms with Crippen LogP contribution in [0.2, 0.25) is 0 Å². The molecule has 0 N–H and O–H groups in total. The number of benzene rings is 2. The van der Waals surface area contributed by atoms with Gasteiger partial charge < -0.3 is 0 Å². The minimum Gasteiger partial charge on any atom is -0.256 e. The molecule has 4 heteroatoms. The van der Waals surface area contributed by atoms with Crippen LogP contribution >= 0.6 is 0 Å². The summed E-state index contributed by atoms with van der Waals surface area (Å²) in [5, 5.41) is 5.30. The third-order valence-corrected chi connectivity index (χ3v) is 3.53. The number of pyridine rings is 1. The van der Waals surface area contributed by atoms with Crippen LogP contribution < -0.4 is 5.01 Å². The molecular formula is C18H15N3O. The number of hydrogen-bond donors (Lipinski definition) is 0. The van der Waals surface area contributed by atoms with E-state index >= 15 is 0 Å². The van der Waals surface area contributed by atoms with Crippen molar-refractivity contribution in [2.45, 2.75) is 0 Å². The van der Waals surface area contributed by atoms with Crippen LogP contribution in [0.5, 0.6) is 0 Å². The smallest absolute Gasteiger partial charge is 0.0707 e. The fraction of sp³-hybridized carbons (Fsp3) is 0.0556. The molecule has 0 saturated heterocycles. The zero-order valence-corrected chi connectivity index (χ0v) is 12.2. The summed E-state index contributed by atoms with van der Waals surface area (Å²) < 4.78 is 0. The van der Waals surface area contributed by atoms with Gasteiger partial charge >= 0.3 is 0 Å². The lowest BCUT2D eigenvalue weighted by atomic mass is 10.1. The first-order valence-corrected chi connectivity index (χ1v) is 6.97. The van der Waals surface area contributed by atoms with Crippen molar-refractivity contribution in [3.05, 3.63) is 76.8 Å². The lowest BCUT2D eigenvalue weighted by molar-refractivity contribution is 1.00. The topological polar surface area (TPSA) is 45.6 Å². The maximum atomic E-state index is 10.5. The Labute approximate surface area is 128 Å². The van der Waals surface area contributed by atoms with E-state index in [2.05, 4.69) is 22.4 Å². The number of nitrogens with zero attached hydrogens (tertiary/aromatic N) is 3.